The second-order valence-corrected chi connectivity index (χ2v) is 9.37. The Balaban J connectivity index is 1.76. The highest BCUT2D eigenvalue weighted by Crippen LogP contribution is 2.69. The van der Waals surface area contributed by atoms with Crippen LogP contribution in [0.2, 0.25) is 0 Å². The van der Waals surface area contributed by atoms with E-state index in [0.717, 1.165) is 10.8 Å². The van der Waals surface area contributed by atoms with Crippen LogP contribution in [-0.4, -0.2) is 46.0 Å². The van der Waals surface area contributed by atoms with E-state index in [4.69, 9.17) is 0 Å². The molecule has 0 N–H and O–H groups in total. The van der Waals surface area contributed by atoms with Crippen molar-refractivity contribution in [3.63, 3.8) is 0 Å². The van der Waals surface area contributed by atoms with Crippen LogP contribution in [0.4, 0.5) is 0 Å². The highest BCUT2D eigenvalue weighted by Gasteiger charge is 2.66. The minimum Gasteiger partial charge on any atom is -0.161 e. The number of hydrogen-bond acceptors (Lipinski definition) is 4. The van der Waals surface area contributed by atoms with E-state index in [1.807, 2.05) is 0 Å². The predicted octanol–water partition coefficient (Wildman–Crippen LogP) is 3.32. The highest BCUT2D eigenvalue weighted by atomic mass is 32.2. The summed E-state index contributed by atoms with van der Waals surface area (Å²) in [5.74, 6) is 11.4. The minimum absolute atomic E-state index is 0.753. The van der Waals surface area contributed by atoms with E-state index in [1.165, 1.54) is 46.0 Å². The Morgan fingerprint density at radius 3 is 1.20 bits per heavy atom. The number of rotatable bonds is 0. The summed E-state index contributed by atoms with van der Waals surface area (Å²) in [5, 5.41) is 0. The fourth-order valence-electron chi connectivity index (χ4n) is 2.81. The Morgan fingerprint density at radius 1 is 0.533 bits per heavy atom. The van der Waals surface area contributed by atoms with Crippen LogP contribution in [0.1, 0.15) is 6.42 Å². The van der Waals surface area contributed by atoms with Gasteiger partial charge in [-0.3, -0.25) is 0 Å². The molecule has 2 aliphatic heterocycles. The maximum absolute atomic E-state index is 2.22. The molecule has 86 valence electrons. The lowest BCUT2D eigenvalue weighted by Crippen LogP contribution is -2.27. The number of thioether (sulfide) groups is 4. The van der Waals surface area contributed by atoms with Crippen molar-refractivity contribution >= 4 is 47.0 Å². The van der Waals surface area contributed by atoms with Crippen LogP contribution in [0, 0.1) is 10.8 Å². The Morgan fingerprint density at radius 2 is 0.867 bits per heavy atom. The lowest BCUT2D eigenvalue weighted by atomic mass is 10.00. The van der Waals surface area contributed by atoms with Crippen molar-refractivity contribution in [2.75, 3.05) is 46.0 Å². The quantitative estimate of drug-likeness (QED) is 0.666. The molecular weight excluding hydrogens is 260 g/mol. The minimum atomic E-state index is 0.753. The van der Waals surface area contributed by atoms with Crippen LogP contribution in [0.3, 0.4) is 0 Å². The van der Waals surface area contributed by atoms with Gasteiger partial charge in [-0.05, 0) is 17.3 Å². The molecule has 1 saturated carbocycles. The standard InChI is InChI=1S/C11H18S4/c1-2-13-7-11-5-10(11,6-12-1)8-14-3-4-15-9-11/h1-9H2. The Hall–Kier alpha value is 1.40. The summed E-state index contributed by atoms with van der Waals surface area (Å²) in [4.78, 5) is 0. The molecule has 4 heteroatoms. The summed E-state index contributed by atoms with van der Waals surface area (Å²) in [6, 6.07) is 0. The Bertz CT molecular complexity index is 201. The van der Waals surface area contributed by atoms with E-state index < -0.39 is 0 Å². The van der Waals surface area contributed by atoms with Gasteiger partial charge in [-0.2, -0.15) is 47.0 Å². The molecule has 0 aromatic heterocycles. The summed E-state index contributed by atoms with van der Waals surface area (Å²) in [5.41, 5.74) is 1.51. The molecule has 0 amide bonds. The van der Waals surface area contributed by atoms with E-state index in [2.05, 4.69) is 47.0 Å². The molecule has 0 unspecified atom stereocenters. The first-order valence-corrected chi connectivity index (χ1v) is 10.3. The van der Waals surface area contributed by atoms with E-state index in [0.29, 0.717) is 0 Å². The number of hydrogen-bond donors (Lipinski definition) is 0. The molecule has 0 atom stereocenters. The van der Waals surface area contributed by atoms with Crippen molar-refractivity contribution in [2.24, 2.45) is 10.8 Å². The summed E-state index contributed by atoms with van der Waals surface area (Å²) >= 11 is 8.89. The third-order valence-corrected chi connectivity index (χ3v) is 9.45. The molecule has 2 heterocycles. The molecule has 0 nitrogen and oxygen atoms in total. The average Bonchev–Trinajstić information content (AvgIpc) is 2.76. The van der Waals surface area contributed by atoms with Crippen LogP contribution in [-0.2, 0) is 0 Å². The smallest absolute Gasteiger partial charge is 0.00238 e. The second-order valence-electron chi connectivity index (χ2n) is 4.95. The molecule has 2 saturated heterocycles. The molecule has 1 aliphatic carbocycles. The fourth-order valence-corrected chi connectivity index (χ4v) is 9.13. The molecule has 0 aromatic rings. The monoisotopic (exact) mass is 278 g/mol. The topological polar surface area (TPSA) is 0 Å². The molecule has 0 bridgehead atoms. The van der Waals surface area contributed by atoms with Crippen molar-refractivity contribution in [1.82, 2.24) is 0 Å². The Labute approximate surface area is 110 Å². The fraction of sp³-hybridized carbons (Fsp3) is 1.00. The molecule has 0 radical (unpaired) electrons. The highest BCUT2D eigenvalue weighted by molar-refractivity contribution is 8.04. The Kier molecular flexibility index (Phi) is 3.51. The molecule has 3 aliphatic rings. The molecule has 3 rings (SSSR count). The van der Waals surface area contributed by atoms with Crippen LogP contribution in [0.25, 0.3) is 0 Å². The van der Waals surface area contributed by atoms with Crippen molar-refractivity contribution in [3.05, 3.63) is 0 Å². The van der Waals surface area contributed by atoms with Gasteiger partial charge in [0.1, 0.15) is 0 Å². The van der Waals surface area contributed by atoms with E-state index in [-0.39, 0.29) is 0 Å². The molecular formula is C11H18S4. The first-order valence-electron chi connectivity index (χ1n) is 5.68. The van der Waals surface area contributed by atoms with E-state index in [1.54, 1.807) is 6.42 Å². The molecule has 0 aromatic carbocycles. The van der Waals surface area contributed by atoms with Crippen LogP contribution in [0.5, 0.6) is 0 Å². The van der Waals surface area contributed by atoms with Crippen LogP contribution < -0.4 is 0 Å². The predicted molar refractivity (Wildman–Crippen MR) is 78.8 cm³/mol. The van der Waals surface area contributed by atoms with E-state index in [9.17, 15) is 0 Å². The van der Waals surface area contributed by atoms with Gasteiger partial charge in [0.15, 0.2) is 0 Å². The van der Waals surface area contributed by atoms with Crippen LogP contribution >= 0.6 is 47.0 Å². The van der Waals surface area contributed by atoms with Gasteiger partial charge < -0.3 is 0 Å². The summed E-state index contributed by atoms with van der Waals surface area (Å²) in [6.07, 6.45) is 1.54. The van der Waals surface area contributed by atoms with Gasteiger partial charge in [0.25, 0.3) is 0 Å². The van der Waals surface area contributed by atoms with Crippen molar-refractivity contribution in [3.8, 4) is 0 Å². The van der Waals surface area contributed by atoms with Gasteiger partial charge in [0.2, 0.25) is 0 Å². The van der Waals surface area contributed by atoms with Crippen LogP contribution in [0.15, 0.2) is 0 Å². The maximum atomic E-state index is 2.22. The molecule has 15 heavy (non-hydrogen) atoms. The normalized spacial score (nSPS) is 46.4. The lowest BCUT2D eigenvalue weighted by Gasteiger charge is -2.29. The zero-order chi connectivity index (χ0) is 10.2. The molecule has 3 fully saturated rings. The second kappa shape index (κ2) is 4.58. The van der Waals surface area contributed by atoms with Gasteiger partial charge in [-0.15, -0.1) is 0 Å². The lowest BCUT2D eigenvalue weighted by molar-refractivity contribution is 0.486. The van der Waals surface area contributed by atoms with E-state index >= 15 is 0 Å². The first kappa shape index (κ1) is 11.5. The largest absolute Gasteiger partial charge is 0.161 e. The van der Waals surface area contributed by atoms with Gasteiger partial charge in [0, 0.05) is 46.0 Å². The third kappa shape index (κ3) is 2.09. The SMILES string of the molecule is C1CSCC23CSCCSCC2(CS1)C3. The van der Waals surface area contributed by atoms with Crippen molar-refractivity contribution in [1.29, 1.82) is 0 Å². The zero-order valence-electron chi connectivity index (χ0n) is 9.00. The van der Waals surface area contributed by atoms with Gasteiger partial charge >= 0.3 is 0 Å². The van der Waals surface area contributed by atoms with Crippen molar-refractivity contribution < 1.29 is 0 Å². The van der Waals surface area contributed by atoms with Gasteiger partial charge in [-0.1, -0.05) is 0 Å². The summed E-state index contributed by atoms with van der Waals surface area (Å²) in [6.45, 7) is 0. The van der Waals surface area contributed by atoms with Crippen molar-refractivity contribution in [2.45, 2.75) is 6.42 Å². The van der Waals surface area contributed by atoms with Gasteiger partial charge in [-0.25, -0.2) is 0 Å². The summed E-state index contributed by atoms with van der Waals surface area (Å²) < 4.78 is 0. The zero-order valence-corrected chi connectivity index (χ0v) is 12.3. The third-order valence-electron chi connectivity index (χ3n) is 3.93. The molecule has 0 spiro atoms. The average molecular weight is 279 g/mol. The first-order chi connectivity index (χ1) is 7.37. The maximum Gasteiger partial charge on any atom is 0.00238 e. The summed E-state index contributed by atoms with van der Waals surface area (Å²) in [7, 11) is 0. The van der Waals surface area contributed by atoms with Gasteiger partial charge in [0.05, 0.1) is 0 Å².